The molecule has 0 aliphatic carbocycles. The van der Waals surface area contributed by atoms with Crippen LogP contribution >= 0.6 is 0 Å². The Bertz CT molecular complexity index is 326. The first-order valence-electron chi connectivity index (χ1n) is 4.37. The van der Waals surface area contributed by atoms with E-state index >= 15 is 0 Å². The number of aliphatic hydroxyl groups excluding tert-OH is 1. The second kappa shape index (κ2) is 4.62. The van der Waals surface area contributed by atoms with Crippen molar-refractivity contribution in [2.24, 2.45) is 5.73 Å². The average Bonchev–Trinajstić information content (AvgIpc) is 2.18. The van der Waals surface area contributed by atoms with Gasteiger partial charge in [-0.1, -0.05) is 12.1 Å². The fourth-order valence-corrected chi connectivity index (χ4v) is 1.29. The van der Waals surface area contributed by atoms with Crippen LogP contribution in [0.5, 0.6) is 0 Å². The van der Waals surface area contributed by atoms with Crippen LogP contribution in [0.1, 0.15) is 10.4 Å². The molecule has 0 heterocycles. The molecule has 0 aliphatic rings. The number of nitrogens with zero attached hydrogens (tertiary/aromatic N) is 1. The van der Waals surface area contributed by atoms with Crippen molar-refractivity contribution < 1.29 is 9.90 Å². The molecule has 0 saturated heterocycles. The number of primary amides is 1. The summed E-state index contributed by atoms with van der Waals surface area (Å²) in [7, 11) is 1.80. The fraction of sp³-hybridized carbons (Fsp3) is 0.300. The normalized spacial score (nSPS) is 9.86. The lowest BCUT2D eigenvalue weighted by molar-refractivity contribution is 0.100. The summed E-state index contributed by atoms with van der Waals surface area (Å²) in [5.74, 6) is -0.453. The molecule has 4 heteroatoms. The van der Waals surface area contributed by atoms with Gasteiger partial charge < -0.3 is 15.7 Å². The minimum absolute atomic E-state index is 0.0452. The smallest absolute Gasteiger partial charge is 0.250 e. The third-order valence-electron chi connectivity index (χ3n) is 2.02. The third-order valence-corrected chi connectivity index (χ3v) is 2.02. The molecule has 1 amide bonds. The number of rotatable bonds is 4. The molecule has 0 aliphatic heterocycles. The van der Waals surface area contributed by atoms with Gasteiger partial charge in [-0.25, -0.2) is 0 Å². The van der Waals surface area contributed by atoms with Crippen molar-refractivity contribution in [2.45, 2.75) is 0 Å². The summed E-state index contributed by atoms with van der Waals surface area (Å²) in [6.07, 6.45) is 0. The van der Waals surface area contributed by atoms with E-state index in [9.17, 15) is 4.79 Å². The van der Waals surface area contributed by atoms with Gasteiger partial charge in [0.15, 0.2) is 0 Å². The SMILES string of the molecule is CN(CCO)c1ccccc1C(N)=O. The van der Waals surface area contributed by atoms with Crippen molar-refractivity contribution in [2.75, 3.05) is 25.1 Å². The Morgan fingerprint density at radius 2 is 2.14 bits per heavy atom. The van der Waals surface area contributed by atoms with Gasteiger partial charge in [0.1, 0.15) is 0 Å². The van der Waals surface area contributed by atoms with E-state index in [-0.39, 0.29) is 6.61 Å². The predicted octanol–water partition coefficient (Wildman–Crippen LogP) is 0.214. The highest BCUT2D eigenvalue weighted by Gasteiger charge is 2.09. The average molecular weight is 194 g/mol. The quantitative estimate of drug-likeness (QED) is 0.720. The highest BCUT2D eigenvalue weighted by atomic mass is 16.3. The lowest BCUT2D eigenvalue weighted by Crippen LogP contribution is -2.24. The number of para-hydroxylation sites is 1. The fourth-order valence-electron chi connectivity index (χ4n) is 1.29. The van der Waals surface area contributed by atoms with Gasteiger partial charge in [-0.2, -0.15) is 0 Å². The number of carbonyl (C=O) groups is 1. The Labute approximate surface area is 82.9 Å². The molecule has 1 aromatic carbocycles. The van der Waals surface area contributed by atoms with E-state index in [1.54, 1.807) is 30.1 Å². The molecular formula is C10H14N2O2. The van der Waals surface area contributed by atoms with Crippen molar-refractivity contribution in [3.8, 4) is 0 Å². The van der Waals surface area contributed by atoms with Crippen LogP contribution in [0.2, 0.25) is 0 Å². The molecule has 3 N–H and O–H groups in total. The largest absolute Gasteiger partial charge is 0.395 e. The van der Waals surface area contributed by atoms with Gasteiger partial charge in [0.2, 0.25) is 0 Å². The van der Waals surface area contributed by atoms with E-state index in [0.717, 1.165) is 5.69 Å². The molecule has 76 valence electrons. The lowest BCUT2D eigenvalue weighted by Gasteiger charge is -2.19. The molecule has 4 nitrogen and oxygen atoms in total. The summed E-state index contributed by atoms with van der Waals surface area (Å²) >= 11 is 0. The third kappa shape index (κ3) is 2.23. The first-order chi connectivity index (χ1) is 6.66. The van der Waals surface area contributed by atoms with Crippen molar-refractivity contribution >= 4 is 11.6 Å². The van der Waals surface area contributed by atoms with Crippen LogP contribution in [-0.4, -0.2) is 31.2 Å². The van der Waals surface area contributed by atoms with E-state index in [2.05, 4.69) is 0 Å². The molecule has 0 saturated carbocycles. The lowest BCUT2D eigenvalue weighted by atomic mass is 10.1. The Morgan fingerprint density at radius 3 is 2.71 bits per heavy atom. The summed E-state index contributed by atoms with van der Waals surface area (Å²) in [6.45, 7) is 0.522. The molecule has 1 rings (SSSR count). The number of carbonyl (C=O) groups excluding carboxylic acids is 1. The van der Waals surface area contributed by atoms with Crippen LogP contribution in [0.25, 0.3) is 0 Å². The molecule has 0 unspecified atom stereocenters. The summed E-state index contributed by atoms with van der Waals surface area (Å²) in [5, 5.41) is 8.77. The number of hydrogen-bond acceptors (Lipinski definition) is 3. The molecule has 14 heavy (non-hydrogen) atoms. The van der Waals surface area contributed by atoms with Crippen LogP contribution in [0, 0.1) is 0 Å². The number of amides is 1. The molecular weight excluding hydrogens is 180 g/mol. The zero-order chi connectivity index (χ0) is 10.6. The van der Waals surface area contributed by atoms with Crippen molar-refractivity contribution in [3.05, 3.63) is 29.8 Å². The van der Waals surface area contributed by atoms with Crippen LogP contribution in [0.3, 0.4) is 0 Å². The number of anilines is 1. The minimum atomic E-state index is -0.453. The second-order valence-corrected chi connectivity index (χ2v) is 3.03. The summed E-state index contributed by atoms with van der Waals surface area (Å²) < 4.78 is 0. The Kier molecular flexibility index (Phi) is 3.48. The van der Waals surface area contributed by atoms with Crippen molar-refractivity contribution in [1.29, 1.82) is 0 Å². The maximum atomic E-state index is 11.1. The van der Waals surface area contributed by atoms with Crippen molar-refractivity contribution in [1.82, 2.24) is 0 Å². The van der Waals surface area contributed by atoms with E-state index in [1.165, 1.54) is 0 Å². The number of hydrogen-bond donors (Lipinski definition) is 2. The summed E-state index contributed by atoms with van der Waals surface area (Å²) in [4.78, 5) is 12.9. The maximum Gasteiger partial charge on any atom is 0.250 e. The first-order valence-corrected chi connectivity index (χ1v) is 4.37. The molecule has 0 radical (unpaired) electrons. The van der Waals surface area contributed by atoms with Gasteiger partial charge in [-0.3, -0.25) is 4.79 Å². The zero-order valence-corrected chi connectivity index (χ0v) is 8.10. The standard InChI is InChI=1S/C10H14N2O2/c1-12(6-7-13)9-5-3-2-4-8(9)10(11)14/h2-5,13H,6-7H2,1H3,(H2,11,14). The van der Waals surface area contributed by atoms with Crippen LogP contribution in [0.4, 0.5) is 5.69 Å². The highest BCUT2D eigenvalue weighted by molar-refractivity contribution is 5.98. The Balaban J connectivity index is 3.00. The van der Waals surface area contributed by atoms with E-state index < -0.39 is 5.91 Å². The Morgan fingerprint density at radius 1 is 1.50 bits per heavy atom. The van der Waals surface area contributed by atoms with Gasteiger partial charge >= 0.3 is 0 Å². The maximum absolute atomic E-state index is 11.1. The topological polar surface area (TPSA) is 66.6 Å². The number of benzene rings is 1. The van der Waals surface area contributed by atoms with E-state index in [1.807, 2.05) is 6.07 Å². The minimum Gasteiger partial charge on any atom is -0.395 e. The molecule has 0 spiro atoms. The van der Waals surface area contributed by atoms with Gasteiger partial charge in [0, 0.05) is 19.3 Å². The molecule has 0 fully saturated rings. The van der Waals surface area contributed by atoms with Gasteiger partial charge in [-0.15, -0.1) is 0 Å². The molecule has 0 aromatic heterocycles. The number of aliphatic hydroxyl groups is 1. The summed E-state index contributed by atoms with van der Waals surface area (Å²) in [5.41, 5.74) is 6.44. The molecule has 0 bridgehead atoms. The van der Waals surface area contributed by atoms with E-state index in [4.69, 9.17) is 10.8 Å². The zero-order valence-electron chi connectivity index (χ0n) is 8.10. The van der Waals surface area contributed by atoms with Crippen LogP contribution in [-0.2, 0) is 0 Å². The highest BCUT2D eigenvalue weighted by Crippen LogP contribution is 2.17. The summed E-state index contributed by atoms with van der Waals surface area (Å²) in [6, 6.07) is 7.06. The van der Waals surface area contributed by atoms with Crippen molar-refractivity contribution in [3.63, 3.8) is 0 Å². The van der Waals surface area contributed by atoms with E-state index in [0.29, 0.717) is 12.1 Å². The number of nitrogens with two attached hydrogens (primary N) is 1. The number of likely N-dealkylation sites (N-methyl/N-ethyl adjacent to an activating group) is 1. The monoisotopic (exact) mass is 194 g/mol. The second-order valence-electron chi connectivity index (χ2n) is 3.03. The predicted molar refractivity (Wildman–Crippen MR) is 55.3 cm³/mol. The van der Waals surface area contributed by atoms with Crippen LogP contribution in [0.15, 0.2) is 24.3 Å². The first kappa shape index (κ1) is 10.5. The molecule has 1 aromatic rings. The van der Waals surface area contributed by atoms with Gasteiger partial charge in [-0.05, 0) is 12.1 Å². The Hall–Kier alpha value is -1.55. The van der Waals surface area contributed by atoms with Gasteiger partial charge in [0.25, 0.3) is 5.91 Å². The van der Waals surface area contributed by atoms with Gasteiger partial charge in [0.05, 0.1) is 12.2 Å². The van der Waals surface area contributed by atoms with Crippen LogP contribution < -0.4 is 10.6 Å². The molecule has 0 atom stereocenters.